The van der Waals surface area contributed by atoms with Crippen molar-refractivity contribution >= 4 is 22.2 Å². The van der Waals surface area contributed by atoms with Crippen LogP contribution >= 0.6 is 0 Å². The van der Waals surface area contributed by atoms with Crippen molar-refractivity contribution in [3.8, 4) is 0 Å². The summed E-state index contributed by atoms with van der Waals surface area (Å²) in [6, 6.07) is 7.92. The number of aromatic nitrogens is 1. The number of nitrogens with zero attached hydrogens (tertiary/aromatic N) is 2. The van der Waals surface area contributed by atoms with Crippen LogP contribution in [0.4, 0.5) is 5.82 Å². The Bertz CT molecular complexity index is 1360. The van der Waals surface area contributed by atoms with Crippen molar-refractivity contribution < 1.29 is 20.4 Å². The fourth-order valence-corrected chi connectivity index (χ4v) is 7.65. The third kappa shape index (κ3) is 3.63. The first-order valence-electron chi connectivity index (χ1n) is 13.3. The average molecular weight is 504 g/mol. The monoisotopic (exact) mass is 503 g/mol. The first-order chi connectivity index (χ1) is 17.5. The highest BCUT2D eigenvalue weighted by atomic mass is 16.3. The second kappa shape index (κ2) is 8.48. The second-order valence-electron chi connectivity index (χ2n) is 12.0. The molecule has 1 aromatic heterocycles. The van der Waals surface area contributed by atoms with Crippen molar-refractivity contribution in [3.63, 3.8) is 0 Å². The minimum absolute atomic E-state index is 0.190. The Morgan fingerprint density at radius 3 is 2.65 bits per heavy atom. The molecule has 6 rings (SSSR count). The number of aliphatic hydroxyl groups excluding tert-OH is 3. The lowest BCUT2D eigenvalue weighted by atomic mass is 9.61. The fraction of sp³-hybridized carbons (Fsp3) is 0.500. The maximum atomic E-state index is 11.8. The number of benzene rings is 1. The molecule has 0 spiro atoms. The molecule has 1 aromatic carbocycles. The number of hydrogen-bond acceptors (Lipinski definition) is 7. The van der Waals surface area contributed by atoms with E-state index < -0.39 is 23.9 Å². The van der Waals surface area contributed by atoms with Gasteiger partial charge in [0, 0.05) is 23.0 Å². The Balaban J connectivity index is 1.38. The molecule has 0 bridgehead atoms. The largest absolute Gasteiger partial charge is 0.388 e. The predicted octanol–water partition coefficient (Wildman–Crippen LogP) is 2.79. The van der Waals surface area contributed by atoms with E-state index >= 15 is 0 Å². The van der Waals surface area contributed by atoms with Gasteiger partial charge in [0.2, 0.25) is 0 Å². The summed E-state index contributed by atoms with van der Waals surface area (Å²) in [6.45, 7) is 2.24. The van der Waals surface area contributed by atoms with Crippen molar-refractivity contribution in [1.82, 2.24) is 9.88 Å². The van der Waals surface area contributed by atoms with Crippen LogP contribution in [0, 0.1) is 11.3 Å². The van der Waals surface area contributed by atoms with Gasteiger partial charge in [0.05, 0.1) is 17.8 Å². The Morgan fingerprint density at radius 1 is 1.11 bits per heavy atom. The number of nitrogens with two attached hydrogens (primary N) is 1. The number of rotatable bonds is 2. The van der Waals surface area contributed by atoms with Gasteiger partial charge in [-0.3, -0.25) is 0 Å². The molecular weight excluding hydrogens is 466 g/mol. The van der Waals surface area contributed by atoms with Crippen LogP contribution in [0.15, 0.2) is 59.3 Å². The lowest BCUT2D eigenvalue weighted by Gasteiger charge is -2.46. The fourth-order valence-electron chi connectivity index (χ4n) is 7.65. The standard InChI is InChI=1S/C30H37N3O4/c1-29-15-25(34)20-13-23-26(35)27(36)24(33(2)3)14-30(23,37)10-8-18(20)22(29)7-6-21(29)17-5-4-16-9-11-32-28(31)19(16)12-17/h4-6,9,11-13,22,24-27,34-37H,7-8,10,14-15H2,1-3H3,(H2,31,32). The van der Waals surface area contributed by atoms with Crippen LogP contribution < -0.4 is 5.73 Å². The minimum atomic E-state index is -1.22. The van der Waals surface area contributed by atoms with E-state index in [2.05, 4.69) is 36.2 Å². The highest BCUT2D eigenvalue weighted by molar-refractivity contribution is 5.94. The molecular formula is C30H37N3O4. The molecule has 0 aliphatic heterocycles. The number of pyridine rings is 1. The summed E-state index contributed by atoms with van der Waals surface area (Å²) in [6.07, 6.45) is 5.77. The molecule has 37 heavy (non-hydrogen) atoms. The van der Waals surface area contributed by atoms with Crippen molar-refractivity contribution in [2.24, 2.45) is 11.3 Å². The van der Waals surface area contributed by atoms with Crippen LogP contribution in [0.25, 0.3) is 16.3 Å². The Morgan fingerprint density at radius 2 is 1.89 bits per heavy atom. The van der Waals surface area contributed by atoms with Gasteiger partial charge in [-0.25, -0.2) is 4.98 Å². The summed E-state index contributed by atoms with van der Waals surface area (Å²) < 4.78 is 0. The molecule has 0 amide bonds. The van der Waals surface area contributed by atoms with Gasteiger partial charge in [0.15, 0.2) is 0 Å². The molecule has 0 radical (unpaired) electrons. The number of anilines is 1. The van der Waals surface area contributed by atoms with E-state index in [0.717, 1.165) is 33.9 Å². The van der Waals surface area contributed by atoms with E-state index in [-0.39, 0.29) is 17.4 Å². The van der Waals surface area contributed by atoms with Crippen molar-refractivity contribution in [2.75, 3.05) is 19.8 Å². The molecule has 7 unspecified atom stereocenters. The van der Waals surface area contributed by atoms with E-state index in [1.54, 1.807) is 6.20 Å². The zero-order chi connectivity index (χ0) is 26.3. The average Bonchev–Trinajstić information content (AvgIpc) is 3.10. The molecule has 1 heterocycles. The van der Waals surface area contributed by atoms with Crippen molar-refractivity contribution in [2.45, 2.75) is 69.0 Å². The van der Waals surface area contributed by atoms with Gasteiger partial charge >= 0.3 is 0 Å². The molecule has 4 aliphatic carbocycles. The third-order valence-corrected chi connectivity index (χ3v) is 9.72. The summed E-state index contributed by atoms with van der Waals surface area (Å²) >= 11 is 0. The van der Waals surface area contributed by atoms with Crippen LogP contribution in [0.5, 0.6) is 0 Å². The van der Waals surface area contributed by atoms with Gasteiger partial charge in [-0.1, -0.05) is 36.8 Å². The zero-order valence-electron chi connectivity index (χ0n) is 21.7. The first kappa shape index (κ1) is 24.8. The number of hydrogen-bond donors (Lipinski definition) is 5. The Labute approximate surface area is 217 Å². The third-order valence-electron chi connectivity index (χ3n) is 9.72. The molecule has 2 aromatic rings. The lowest BCUT2D eigenvalue weighted by molar-refractivity contribution is -0.0922. The molecule has 7 atom stereocenters. The smallest absolute Gasteiger partial charge is 0.131 e. The maximum absolute atomic E-state index is 11.8. The molecule has 0 saturated heterocycles. The van der Waals surface area contributed by atoms with Gasteiger partial charge in [0.1, 0.15) is 11.9 Å². The zero-order valence-corrected chi connectivity index (χ0v) is 21.7. The summed E-state index contributed by atoms with van der Waals surface area (Å²) in [7, 11) is 3.71. The summed E-state index contributed by atoms with van der Waals surface area (Å²) in [4.78, 5) is 6.13. The van der Waals surface area contributed by atoms with Crippen LogP contribution in [0.1, 0.15) is 44.6 Å². The Kier molecular flexibility index (Phi) is 5.68. The minimum Gasteiger partial charge on any atom is -0.388 e. The quantitative estimate of drug-likeness (QED) is 0.427. The van der Waals surface area contributed by atoms with E-state index in [1.165, 1.54) is 5.57 Å². The first-order valence-corrected chi connectivity index (χ1v) is 13.3. The Hall–Kier alpha value is -2.55. The second-order valence-corrected chi connectivity index (χ2v) is 12.0. The van der Waals surface area contributed by atoms with Crippen molar-refractivity contribution in [1.29, 1.82) is 0 Å². The number of fused-ring (bicyclic) bond motifs is 4. The molecule has 196 valence electrons. The molecule has 6 N–H and O–H groups in total. The lowest BCUT2D eigenvalue weighted by Crippen LogP contribution is -2.58. The summed E-state index contributed by atoms with van der Waals surface area (Å²) in [5.41, 5.74) is 9.41. The number of likely N-dealkylation sites (N-methyl/N-ethyl adjacent to an activating group) is 1. The topological polar surface area (TPSA) is 123 Å². The number of aliphatic hydroxyl groups is 4. The summed E-state index contributed by atoms with van der Waals surface area (Å²) in [5, 5.41) is 47.1. The van der Waals surface area contributed by atoms with Gasteiger partial charge in [-0.2, -0.15) is 0 Å². The van der Waals surface area contributed by atoms with Crippen LogP contribution in [0.2, 0.25) is 0 Å². The molecule has 7 heteroatoms. The van der Waals surface area contributed by atoms with Gasteiger partial charge in [0.25, 0.3) is 0 Å². The predicted molar refractivity (Wildman–Crippen MR) is 144 cm³/mol. The van der Waals surface area contributed by atoms with E-state index in [9.17, 15) is 20.4 Å². The highest BCUT2D eigenvalue weighted by Crippen LogP contribution is 2.60. The SMILES string of the molecule is CN(C)C1CC2(O)CCC3=C(C=C2C(O)C1O)C(O)CC1(C)C(c2ccc4ccnc(N)c4c2)=CCC31. The molecule has 1 saturated carbocycles. The van der Waals surface area contributed by atoms with Gasteiger partial charge in [-0.05, 0) is 91.9 Å². The van der Waals surface area contributed by atoms with E-state index in [4.69, 9.17) is 5.73 Å². The van der Waals surface area contributed by atoms with E-state index in [0.29, 0.717) is 37.1 Å². The maximum Gasteiger partial charge on any atom is 0.131 e. The van der Waals surface area contributed by atoms with Crippen LogP contribution in [0.3, 0.4) is 0 Å². The van der Waals surface area contributed by atoms with Crippen molar-refractivity contribution in [3.05, 3.63) is 64.9 Å². The van der Waals surface area contributed by atoms with Crippen LogP contribution in [-0.4, -0.2) is 74.4 Å². The van der Waals surface area contributed by atoms with E-state index in [1.807, 2.05) is 31.1 Å². The molecule has 7 nitrogen and oxygen atoms in total. The molecule has 1 fully saturated rings. The number of nitrogen functional groups attached to an aromatic ring is 1. The van der Waals surface area contributed by atoms with Crippen LogP contribution in [-0.2, 0) is 0 Å². The number of allylic oxidation sites excluding steroid dienone is 3. The van der Waals surface area contributed by atoms with Gasteiger partial charge in [-0.15, -0.1) is 0 Å². The molecule has 4 aliphatic rings. The summed E-state index contributed by atoms with van der Waals surface area (Å²) in [5.74, 6) is 0.700. The van der Waals surface area contributed by atoms with Gasteiger partial charge < -0.3 is 31.1 Å². The normalized spacial score (nSPS) is 37.6. The highest BCUT2D eigenvalue weighted by Gasteiger charge is 2.53.